The number of rotatable bonds is 5. The largest absolute Gasteiger partial charge is 0.346 e. The van der Waals surface area contributed by atoms with Gasteiger partial charge in [-0.3, -0.25) is 9.48 Å². The Morgan fingerprint density at radius 2 is 2.19 bits per heavy atom. The van der Waals surface area contributed by atoms with Gasteiger partial charge in [-0.25, -0.2) is 10.8 Å². The molecule has 0 bridgehead atoms. The van der Waals surface area contributed by atoms with Crippen LogP contribution in [0.1, 0.15) is 41.5 Å². The van der Waals surface area contributed by atoms with Crippen LogP contribution < -0.4 is 16.6 Å². The number of nitrogens with one attached hydrogen (secondary N) is 2. The van der Waals surface area contributed by atoms with Gasteiger partial charge in [0.15, 0.2) is 0 Å². The van der Waals surface area contributed by atoms with Crippen molar-refractivity contribution in [1.82, 2.24) is 20.1 Å². The molecule has 21 heavy (non-hydrogen) atoms. The summed E-state index contributed by atoms with van der Waals surface area (Å²) in [4.78, 5) is 16.5. The molecule has 0 radical (unpaired) electrons. The summed E-state index contributed by atoms with van der Waals surface area (Å²) in [6.07, 6.45) is 1.83. The van der Waals surface area contributed by atoms with E-state index in [0.29, 0.717) is 17.9 Å². The Labute approximate surface area is 123 Å². The molecule has 2 aromatic rings. The first-order valence-corrected chi connectivity index (χ1v) is 6.75. The van der Waals surface area contributed by atoms with E-state index in [2.05, 4.69) is 20.8 Å². The number of aromatic nitrogens is 3. The lowest BCUT2D eigenvalue weighted by Gasteiger charge is -2.10. The zero-order chi connectivity index (χ0) is 15.4. The van der Waals surface area contributed by atoms with Crippen molar-refractivity contribution in [2.75, 3.05) is 5.43 Å². The number of hydrazine groups is 1. The highest BCUT2D eigenvalue weighted by atomic mass is 16.1. The van der Waals surface area contributed by atoms with E-state index in [-0.39, 0.29) is 11.8 Å². The van der Waals surface area contributed by atoms with Gasteiger partial charge in [-0.2, -0.15) is 5.10 Å². The van der Waals surface area contributed by atoms with Crippen LogP contribution in [0.4, 0.5) is 5.82 Å². The number of amides is 1. The number of carbonyl (C=O) groups is 1. The first kappa shape index (κ1) is 15.0. The maximum absolute atomic E-state index is 12.2. The number of pyridine rings is 1. The summed E-state index contributed by atoms with van der Waals surface area (Å²) in [6.45, 7) is 4.40. The number of hydrogen-bond donors (Lipinski definition) is 3. The highest BCUT2D eigenvalue weighted by molar-refractivity contribution is 5.94. The van der Waals surface area contributed by atoms with Crippen molar-refractivity contribution in [2.24, 2.45) is 12.9 Å². The van der Waals surface area contributed by atoms with Crippen molar-refractivity contribution in [3.8, 4) is 0 Å². The number of nitrogens with zero attached hydrogens (tertiary/aromatic N) is 3. The molecule has 1 amide bonds. The lowest BCUT2D eigenvalue weighted by Crippen LogP contribution is -2.24. The predicted octanol–water partition coefficient (Wildman–Crippen LogP) is 1.15. The molecule has 7 nitrogen and oxygen atoms in total. The molecule has 2 aromatic heterocycles. The van der Waals surface area contributed by atoms with E-state index in [1.807, 2.05) is 33.2 Å². The molecule has 0 aliphatic heterocycles. The molecular weight excluding hydrogens is 268 g/mol. The smallest absolute Gasteiger partial charge is 0.251 e. The molecule has 0 atom stereocenters. The lowest BCUT2D eigenvalue weighted by molar-refractivity contribution is 0.0950. The molecule has 2 heterocycles. The maximum Gasteiger partial charge on any atom is 0.251 e. The zero-order valence-corrected chi connectivity index (χ0v) is 12.4. The van der Waals surface area contributed by atoms with E-state index in [1.54, 1.807) is 16.8 Å². The normalized spacial score (nSPS) is 10.7. The van der Waals surface area contributed by atoms with Crippen LogP contribution in [0.15, 0.2) is 24.4 Å². The van der Waals surface area contributed by atoms with Crippen LogP contribution in [-0.2, 0) is 13.6 Å². The van der Waals surface area contributed by atoms with E-state index in [0.717, 1.165) is 11.4 Å². The quantitative estimate of drug-likeness (QED) is 0.566. The van der Waals surface area contributed by atoms with E-state index >= 15 is 0 Å². The molecule has 2 rings (SSSR count). The minimum Gasteiger partial charge on any atom is -0.346 e. The van der Waals surface area contributed by atoms with Gasteiger partial charge >= 0.3 is 0 Å². The lowest BCUT2D eigenvalue weighted by atomic mass is 10.1. The molecule has 0 aliphatic rings. The second kappa shape index (κ2) is 6.36. The van der Waals surface area contributed by atoms with Gasteiger partial charge in [0.1, 0.15) is 5.82 Å². The molecule has 0 aliphatic carbocycles. The highest BCUT2D eigenvalue weighted by Crippen LogP contribution is 2.17. The van der Waals surface area contributed by atoms with E-state index < -0.39 is 0 Å². The predicted molar refractivity (Wildman–Crippen MR) is 80.5 cm³/mol. The van der Waals surface area contributed by atoms with Crippen molar-refractivity contribution in [3.05, 3.63) is 41.3 Å². The van der Waals surface area contributed by atoms with E-state index in [1.165, 1.54) is 0 Å². The Morgan fingerprint density at radius 3 is 2.76 bits per heavy atom. The van der Waals surface area contributed by atoms with E-state index in [9.17, 15) is 4.79 Å². The van der Waals surface area contributed by atoms with Crippen molar-refractivity contribution < 1.29 is 4.79 Å². The molecule has 0 unspecified atom stereocenters. The first-order valence-electron chi connectivity index (χ1n) is 6.75. The van der Waals surface area contributed by atoms with Gasteiger partial charge in [-0.05, 0) is 24.1 Å². The number of hydrogen-bond acceptors (Lipinski definition) is 5. The number of aryl methyl sites for hydroxylation is 1. The van der Waals surface area contributed by atoms with Gasteiger partial charge in [-0.15, -0.1) is 0 Å². The van der Waals surface area contributed by atoms with Gasteiger partial charge < -0.3 is 10.7 Å². The molecule has 0 saturated heterocycles. The summed E-state index contributed by atoms with van der Waals surface area (Å²) in [6, 6.07) is 5.26. The van der Waals surface area contributed by atoms with Crippen LogP contribution in [-0.4, -0.2) is 20.7 Å². The average molecular weight is 288 g/mol. The van der Waals surface area contributed by atoms with Crippen molar-refractivity contribution in [2.45, 2.75) is 26.3 Å². The number of carbonyl (C=O) groups excluding carboxylic acids is 1. The van der Waals surface area contributed by atoms with Crippen LogP contribution in [0, 0.1) is 0 Å². The first-order chi connectivity index (χ1) is 9.99. The fraction of sp³-hybridized carbons (Fsp3) is 0.357. The fourth-order valence-electron chi connectivity index (χ4n) is 1.88. The summed E-state index contributed by atoms with van der Waals surface area (Å²) >= 11 is 0. The van der Waals surface area contributed by atoms with Crippen LogP contribution in [0.2, 0.25) is 0 Å². The Balaban J connectivity index is 2.12. The Morgan fingerprint density at radius 1 is 1.43 bits per heavy atom. The maximum atomic E-state index is 12.2. The summed E-state index contributed by atoms with van der Waals surface area (Å²) < 4.78 is 1.70. The summed E-state index contributed by atoms with van der Waals surface area (Å²) in [5.41, 5.74) is 4.63. The van der Waals surface area contributed by atoms with Crippen LogP contribution >= 0.6 is 0 Å². The monoisotopic (exact) mass is 288 g/mol. The average Bonchev–Trinajstić information content (AvgIpc) is 2.89. The molecule has 0 spiro atoms. The second-order valence-electron chi connectivity index (χ2n) is 5.13. The molecule has 0 aromatic carbocycles. The third-order valence-electron chi connectivity index (χ3n) is 3.05. The Bertz CT molecular complexity index is 634. The van der Waals surface area contributed by atoms with Gasteiger partial charge in [0.05, 0.1) is 12.2 Å². The zero-order valence-electron chi connectivity index (χ0n) is 12.4. The number of nitrogens with two attached hydrogens (primary N) is 1. The van der Waals surface area contributed by atoms with Crippen LogP contribution in [0.5, 0.6) is 0 Å². The fourth-order valence-corrected chi connectivity index (χ4v) is 1.88. The topological polar surface area (TPSA) is 97.9 Å². The minimum absolute atomic E-state index is 0.179. The van der Waals surface area contributed by atoms with Crippen molar-refractivity contribution in [3.63, 3.8) is 0 Å². The van der Waals surface area contributed by atoms with Crippen LogP contribution in [0.3, 0.4) is 0 Å². The minimum atomic E-state index is -0.179. The molecule has 4 N–H and O–H groups in total. The summed E-state index contributed by atoms with van der Waals surface area (Å²) in [5, 5.41) is 7.05. The summed E-state index contributed by atoms with van der Waals surface area (Å²) in [5.74, 6) is 5.90. The van der Waals surface area contributed by atoms with Gasteiger partial charge in [-0.1, -0.05) is 13.8 Å². The molecule has 0 fully saturated rings. The van der Waals surface area contributed by atoms with Crippen molar-refractivity contribution in [1.29, 1.82) is 0 Å². The number of anilines is 1. The summed E-state index contributed by atoms with van der Waals surface area (Å²) in [7, 11) is 1.84. The van der Waals surface area contributed by atoms with Gasteiger partial charge in [0.2, 0.25) is 0 Å². The van der Waals surface area contributed by atoms with E-state index in [4.69, 9.17) is 5.84 Å². The molecule has 0 saturated carbocycles. The SMILES string of the molecule is CC(C)c1cc(C(=O)NCc2ccn(C)n2)cc(NN)n1. The van der Waals surface area contributed by atoms with Crippen molar-refractivity contribution >= 4 is 11.7 Å². The third-order valence-corrected chi connectivity index (χ3v) is 3.05. The molecular formula is C14H20N6O. The van der Waals surface area contributed by atoms with Gasteiger partial charge in [0, 0.05) is 24.5 Å². The number of nitrogen functional groups attached to an aromatic ring is 1. The Hall–Kier alpha value is -2.41. The molecule has 112 valence electrons. The van der Waals surface area contributed by atoms with Crippen LogP contribution in [0.25, 0.3) is 0 Å². The highest BCUT2D eigenvalue weighted by Gasteiger charge is 2.12. The second-order valence-corrected chi connectivity index (χ2v) is 5.13. The molecule has 7 heteroatoms. The van der Waals surface area contributed by atoms with Gasteiger partial charge in [0.25, 0.3) is 5.91 Å². The third kappa shape index (κ3) is 3.79. The Kier molecular flexibility index (Phi) is 4.54. The standard InChI is InChI=1S/C14H20N6O/c1-9(2)12-6-10(7-13(17-12)18-15)14(21)16-8-11-4-5-20(3)19-11/h4-7,9H,8,15H2,1-3H3,(H,16,21)(H,17,18).